The van der Waals surface area contributed by atoms with E-state index < -0.39 is 5.82 Å². The summed E-state index contributed by atoms with van der Waals surface area (Å²) in [5, 5.41) is 5.83. The fraction of sp³-hybridized carbons (Fsp3) is 0.462. The van der Waals surface area contributed by atoms with Gasteiger partial charge in [-0.15, -0.1) is 0 Å². The zero-order chi connectivity index (χ0) is 14.1. The van der Waals surface area contributed by atoms with Crippen LogP contribution in [-0.4, -0.2) is 46.4 Å². The van der Waals surface area contributed by atoms with Crippen LogP contribution in [0.15, 0.2) is 18.2 Å². The Hall–Kier alpha value is -1.66. The molecule has 0 aliphatic rings. The maximum atomic E-state index is 13.2. The number of amides is 1. The molecule has 1 amide bonds. The van der Waals surface area contributed by atoms with E-state index in [-0.39, 0.29) is 11.7 Å². The van der Waals surface area contributed by atoms with Crippen molar-refractivity contribution in [3.05, 3.63) is 29.6 Å². The Labute approximate surface area is 112 Å². The average Bonchev–Trinajstić information content (AvgIpc) is 2.43. The number of nitrogens with one attached hydrogen (secondary N) is 2. The zero-order valence-corrected chi connectivity index (χ0v) is 11.2. The number of rotatable bonds is 8. The standard InChI is InChI=1S/C13H19FN2O3/c1-18-8-7-15-5-6-16-13(17)10-3-4-11(14)12(9-10)19-2/h3-4,9,15H,5-8H2,1-2H3,(H,16,17). The van der Waals surface area contributed by atoms with E-state index >= 15 is 0 Å². The SMILES string of the molecule is COCCNCCNC(=O)c1ccc(F)c(OC)c1. The van der Waals surface area contributed by atoms with E-state index in [1.807, 2.05) is 0 Å². The predicted molar refractivity (Wildman–Crippen MR) is 70.0 cm³/mol. The van der Waals surface area contributed by atoms with Crippen molar-refractivity contribution in [2.45, 2.75) is 0 Å². The molecule has 6 heteroatoms. The number of hydrogen-bond acceptors (Lipinski definition) is 4. The van der Waals surface area contributed by atoms with Crippen molar-refractivity contribution in [3.63, 3.8) is 0 Å². The van der Waals surface area contributed by atoms with Gasteiger partial charge in [-0.1, -0.05) is 0 Å². The summed E-state index contributed by atoms with van der Waals surface area (Å²) in [6, 6.07) is 4.01. The van der Waals surface area contributed by atoms with E-state index in [1.165, 1.54) is 25.3 Å². The molecule has 0 unspecified atom stereocenters. The molecular formula is C13H19FN2O3. The highest BCUT2D eigenvalue weighted by Crippen LogP contribution is 2.17. The zero-order valence-electron chi connectivity index (χ0n) is 11.2. The monoisotopic (exact) mass is 270 g/mol. The molecule has 0 fully saturated rings. The molecule has 1 aromatic rings. The van der Waals surface area contributed by atoms with Crippen LogP contribution in [0, 0.1) is 5.82 Å². The van der Waals surface area contributed by atoms with Crippen LogP contribution >= 0.6 is 0 Å². The largest absolute Gasteiger partial charge is 0.494 e. The first-order valence-corrected chi connectivity index (χ1v) is 6.00. The van der Waals surface area contributed by atoms with Gasteiger partial charge in [0.1, 0.15) is 0 Å². The molecule has 19 heavy (non-hydrogen) atoms. The third-order valence-corrected chi connectivity index (χ3v) is 2.48. The first kappa shape index (κ1) is 15.4. The van der Waals surface area contributed by atoms with E-state index in [0.29, 0.717) is 25.3 Å². The van der Waals surface area contributed by atoms with Crippen LogP contribution in [0.3, 0.4) is 0 Å². The molecule has 1 aromatic carbocycles. The van der Waals surface area contributed by atoms with Crippen LogP contribution in [0.2, 0.25) is 0 Å². The average molecular weight is 270 g/mol. The Morgan fingerprint density at radius 2 is 2.05 bits per heavy atom. The van der Waals surface area contributed by atoms with Gasteiger partial charge >= 0.3 is 0 Å². The third kappa shape index (κ3) is 5.23. The Morgan fingerprint density at radius 1 is 1.26 bits per heavy atom. The van der Waals surface area contributed by atoms with Gasteiger partial charge in [-0.05, 0) is 18.2 Å². The number of ether oxygens (including phenoxy) is 2. The van der Waals surface area contributed by atoms with Crippen molar-refractivity contribution in [2.75, 3.05) is 40.5 Å². The van der Waals surface area contributed by atoms with E-state index in [9.17, 15) is 9.18 Å². The second kappa shape index (κ2) is 8.44. The topological polar surface area (TPSA) is 59.6 Å². The summed E-state index contributed by atoms with van der Waals surface area (Å²) in [5.41, 5.74) is 0.371. The lowest BCUT2D eigenvalue weighted by Crippen LogP contribution is -2.33. The van der Waals surface area contributed by atoms with E-state index in [1.54, 1.807) is 7.11 Å². The number of methoxy groups -OCH3 is 2. The molecule has 0 aliphatic heterocycles. The van der Waals surface area contributed by atoms with Crippen molar-refractivity contribution in [1.29, 1.82) is 0 Å². The van der Waals surface area contributed by atoms with Crippen LogP contribution in [0.1, 0.15) is 10.4 Å². The Morgan fingerprint density at radius 3 is 2.74 bits per heavy atom. The molecule has 0 heterocycles. The van der Waals surface area contributed by atoms with E-state index in [2.05, 4.69) is 10.6 Å². The quantitative estimate of drug-likeness (QED) is 0.686. The smallest absolute Gasteiger partial charge is 0.251 e. The summed E-state index contributed by atoms with van der Waals surface area (Å²) in [6.07, 6.45) is 0. The van der Waals surface area contributed by atoms with Gasteiger partial charge in [-0.2, -0.15) is 0 Å². The van der Waals surface area contributed by atoms with E-state index in [4.69, 9.17) is 9.47 Å². The van der Waals surface area contributed by atoms with Crippen LogP contribution in [0.5, 0.6) is 5.75 Å². The van der Waals surface area contributed by atoms with Gasteiger partial charge < -0.3 is 20.1 Å². The summed E-state index contributed by atoms with van der Waals surface area (Å²) in [6.45, 7) is 2.50. The van der Waals surface area contributed by atoms with Crippen molar-refractivity contribution < 1.29 is 18.7 Å². The van der Waals surface area contributed by atoms with Crippen LogP contribution in [0.4, 0.5) is 4.39 Å². The van der Waals surface area contributed by atoms with Gasteiger partial charge in [0.2, 0.25) is 0 Å². The lowest BCUT2D eigenvalue weighted by molar-refractivity contribution is 0.0953. The van der Waals surface area contributed by atoms with Gasteiger partial charge in [-0.25, -0.2) is 4.39 Å². The number of carbonyl (C=O) groups is 1. The van der Waals surface area contributed by atoms with Crippen molar-refractivity contribution in [3.8, 4) is 5.75 Å². The summed E-state index contributed by atoms with van der Waals surface area (Å²) in [4.78, 5) is 11.8. The molecule has 0 bridgehead atoms. The van der Waals surface area contributed by atoms with Crippen LogP contribution in [0.25, 0.3) is 0 Å². The van der Waals surface area contributed by atoms with Crippen LogP contribution in [-0.2, 0) is 4.74 Å². The summed E-state index contributed by atoms with van der Waals surface area (Å²) < 4.78 is 22.9. The first-order chi connectivity index (χ1) is 9.19. The van der Waals surface area contributed by atoms with Crippen LogP contribution < -0.4 is 15.4 Å². The maximum Gasteiger partial charge on any atom is 0.251 e. The fourth-order valence-electron chi connectivity index (χ4n) is 1.47. The highest BCUT2D eigenvalue weighted by atomic mass is 19.1. The molecule has 106 valence electrons. The lowest BCUT2D eigenvalue weighted by atomic mass is 10.2. The molecule has 0 saturated heterocycles. The summed E-state index contributed by atoms with van der Waals surface area (Å²) in [7, 11) is 2.99. The second-order valence-electron chi connectivity index (χ2n) is 3.85. The van der Waals surface area contributed by atoms with Crippen molar-refractivity contribution in [2.24, 2.45) is 0 Å². The van der Waals surface area contributed by atoms with Crippen molar-refractivity contribution >= 4 is 5.91 Å². The summed E-state index contributed by atoms with van der Waals surface area (Å²) in [5.74, 6) is -0.682. The van der Waals surface area contributed by atoms with Gasteiger partial charge in [0.25, 0.3) is 5.91 Å². The second-order valence-corrected chi connectivity index (χ2v) is 3.85. The highest BCUT2D eigenvalue weighted by Gasteiger charge is 2.09. The van der Waals surface area contributed by atoms with Gasteiger partial charge in [0, 0.05) is 32.3 Å². The minimum Gasteiger partial charge on any atom is -0.494 e. The van der Waals surface area contributed by atoms with E-state index in [0.717, 1.165) is 6.54 Å². The summed E-state index contributed by atoms with van der Waals surface area (Å²) >= 11 is 0. The highest BCUT2D eigenvalue weighted by molar-refractivity contribution is 5.94. The van der Waals surface area contributed by atoms with Gasteiger partial charge in [-0.3, -0.25) is 4.79 Å². The number of benzene rings is 1. The first-order valence-electron chi connectivity index (χ1n) is 6.00. The molecule has 0 saturated carbocycles. The molecule has 1 rings (SSSR count). The predicted octanol–water partition coefficient (Wildman–Crippen LogP) is 0.800. The molecule has 0 atom stereocenters. The molecular weight excluding hydrogens is 251 g/mol. The van der Waals surface area contributed by atoms with Gasteiger partial charge in [0.05, 0.1) is 13.7 Å². The minimum atomic E-state index is -0.486. The molecule has 0 aromatic heterocycles. The Balaban J connectivity index is 2.37. The number of hydrogen-bond donors (Lipinski definition) is 2. The van der Waals surface area contributed by atoms with Gasteiger partial charge in [0.15, 0.2) is 11.6 Å². The Kier molecular flexibility index (Phi) is 6.84. The number of carbonyl (C=O) groups excluding carboxylic acids is 1. The normalized spacial score (nSPS) is 10.3. The molecule has 0 radical (unpaired) electrons. The molecule has 0 aliphatic carbocycles. The third-order valence-electron chi connectivity index (χ3n) is 2.48. The molecule has 0 spiro atoms. The molecule has 2 N–H and O–H groups in total. The number of halogens is 1. The fourth-order valence-corrected chi connectivity index (χ4v) is 1.47. The minimum absolute atomic E-state index is 0.0610. The molecule has 5 nitrogen and oxygen atoms in total. The maximum absolute atomic E-state index is 13.2. The van der Waals surface area contributed by atoms with Crippen molar-refractivity contribution in [1.82, 2.24) is 10.6 Å². The Bertz CT molecular complexity index is 413. The lowest BCUT2D eigenvalue weighted by Gasteiger charge is -2.08.